The molecule has 1 fully saturated rings. The molecule has 0 saturated heterocycles. The van der Waals surface area contributed by atoms with Gasteiger partial charge >= 0.3 is 0 Å². The molecule has 1 saturated carbocycles. The first-order valence-corrected chi connectivity index (χ1v) is 9.40. The second-order valence-corrected chi connectivity index (χ2v) is 7.13. The van der Waals surface area contributed by atoms with E-state index in [1.54, 1.807) is 18.2 Å². The van der Waals surface area contributed by atoms with Crippen molar-refractivity contribution in [3.05, 3.63) is 40.3 Å². The van der Waals surface area contributed by atoms with Crippen molar-refractivity contribution in [2.45, 2.75) is 53.0 Å². The van der Waals surface area contributed by atoms with Gasteiger partial charge in [0.1, 0.15) is 0 Å². The van der Waals surface area contributed by atoms with Gasteiger partial charge < -0.3 is 0 Å². The van der Waals surface area contributed by atoms with Crippen LogP contribution in [0.3, 0.4) is 0 Å². The minimum atomic E-state index is -0.372. The summed E-state index contributed by atoms with van der Waals surface area (Å²) in [5, 5.41) is 9.80. The molecule has 2 atom stereocenters. The first-order valence-electron chi connectivity index (χ1n) is 9.40. The topological polar surface area (TPSA) is 76.3 Å². The zero-order valence-electron chi connectivity index (χ0n) is 15.7. The normalized spacial score (nSPS) is 21.9. The Morgan fingerprint density at radius 2 is 1.88 bits per heavy atom. The van der Waals surface area contributed by atoms with Crippen molar-refractivity contribution in [1.82, 2.24) is 15.2 Å². The molecule has 1 N–H and O–H groups in total. The van der Waals surface area contributed by atoms with Crippen LogP contribution in [0.4, 0.5) is 0 Å². The maximum absolute atomic E-state index is 12.8. The van der Waals surface area contributed by atoms with Crippen LogP contribution >= 0.6 is 0 Å². The fraction of sp³-hybridized carbons (Fsp3) is 0.500. The van der Waals surface area contributed by atoms with E-state index in [0.29, 0.717) is 29.2 Å². The van der Waals surface area contributed by atoms with Gasteiger partial charge in [0.05, 0.1) is 5.39 Å². The van der Waals surface area contributed by atoms with Crippen molar-refractivity contribution in [3.8, 4) is 0 Å². The van der Waals surface area contributed by atoms with Crippen molar-refractivity contribution in [2.24, 2.45) is 16.9 Å². The SMILES string of the molecule is CCCn1nc(C(=O)NN=C2[C@H](C)CCC[C@@H]2C)c2ccccc2c1=O. The predicted molar refractivity (Wildman–Crippen MR) is 103 cm³/mol. The number of fused-ring (bicyclic) bond motifs is 1. The van der Waals surface area contributed by atoms with Crippen LogP contribution in [0.15, 0.2) is 34.2 Å². The van der Waals surface area contributed by atoms with Crippen LogP contribution in [0.1, 0.15) is 56.9 Å². The van der Waals surface area contributed by atoms with E-state index in [2.05, 4.69) is 29.5 Å². The Bertz CT molecular complexity index is 888. The first-order chi connectivity index (χ1) is 12.5. The summed E-state index contributed by atoms with van der Waals surface area (Å²) in [5.41, 5.74) is 3.80. The Labute approximate surface area is 153 Å². The highest BCUT2D eigenvalue weighted by Gasteiger charge is 2.24. The molecule has 0 bridgehead atoms. The molecule has 1 aromatic carbocycles. The third-order valence-electron chi connectivity index (χ3n) is 5.09. The molecule has 3 rings (SSSR count). The molecule has 0 aliphatic heterocycles. The van der Waals surface area contributed by atoms with Gasteiger partial charge in [0.25, 0.3) is 11.5 Å². The second-order valence-electron chi connectivity index (χ2n) is 7.13. The summed E-state index contributed by atoms with van der Waals surface area (Å²) in [5.74, 6) is 0.374. The number of hydrogen-bond donors (Lipinski definition) is 1. The molecule has 6 nitrogen and oxygen atoms in total. The maximum Gasteiger partial charge on any atom is 0.292 e. The number of amides is 1. The number of hydrazone groups is 1. The lowest BCUT2D eigenvalue weighted by Gasteiger charge is -2.26. The number of aromatic nitrogens is 2. The van der Waals surface area contributed by atoms with Crippen LogP contribution in [0.25, 0.3) is 10.8 Å². The summed E-state index contributed by atoms with van der Waals surface area (Å²) in [6, 6.07) is 7.10. The molecule has 1 aliphatic rings. The molecular formula is C20H26N4O2. The average Bonchev–Trinajstić information content (AvgIpc) is 2.63. The summed E-state index contributed by atoms with van der Waals surface area (Å²) in [6.45, 7) is 6.75. The van der Waals surface area contributed by atoms with Crippen LogP contribution < -0.4 is 11.0 Å². The van der Waals surface area contributed by atoms with E-state index >= 15 is 0 Å². The minimum Gasteiger partial charge on any atom is -0.267 e. The fourth-order valence-corrected chi connectivity index (χ4v) is 3.67. The third-order valence-corrected chi connectivity index (χ3v) is 5.09. The number of hydrogen-bond acceptors (Lipinski definition) is 4. The number of nitrogens with one attached hydrogen (secondary N) is 1. The fourth-order valence-electron chi connectivity index (χ4n) is 3.67. The lowest BCUT2D eigenvalue weighted by Crippen LogP contribution is -2.31. The summed E-state index contributed by atoms with van der Waals surface area (Å²) < 4.78 is 1.37. The van der Waals surface area contributed by atoms with Gasteiger partial charge in [-0.1, -0.05) is 45.4 Å². The average molecular weight is 354 g/mol. The van der Waals surface area contributed by atoms with Crippen LogP contribution in [0.5, 0.6) is 0 Å². The quantitative estimate of drug-likeness (QED) is 0.856. The lowest BCUT2D eigenvalue weighted by molar-refractivity contribution is 0.0948. The van der Waals surface area contributed by atoms with Crippen molar-refractivity contribution < 1.29 is 4.79 Å². The van der Waals surface area contributed by atoms with E-state index in [-0.39, 0.29) is 17.2 Å². The molecule has 26 heavy (non-hydrogen) atoms. The summed E-state index contributed by atoms with van der Waals surface area (Å²) in [7, 11) is 0. The van der Waals surface area contributed by atoms with Gasteiger partial charge in [-0.05, 0) is 37.2 Å². The van der Waals surface area contributed by atoms with Crippen LogP contribution in [0.2, 0.25) is 0 Å². The Balaban J connectivity index is 1.97. The second kappa shape index (κ2) is 7.81. The molecule has 1 aromatic heterocycles. The lowest BCUT2D eigenvalue weighted by atomic mass is 9.81. The maximum atomic E-state index is 12.8. The highest BCUT2D eigenvalue weighted by molar-refractivity contribution is 6.05. The van der Waals surface area contributed by atoms with Gasteiger partial charge in [0.2, 0.25) is 0 Å². The summed E-state index contributed by atoms with van der Waals surface area (Å²) in [6.07, 6.45) is 4.16. The van der Waals surface area contributed by atoms with Crippen molar-refractivity contribution >= 4 is 22.4 Å². The number of rotatable bonds is 4. The van der Waals surface area contributed by atoms with Gasteiger partial charge in [0.15, 0.2) is 5.69 Å². The molecule has 0 unspecified atom stereocenters. The number of aryl methyl sites for hydroxylation is 1. The minimum absolute atomic E-state index is 0.167. The van der Waals surface area contributed by atoms with Crippen LogP contribution in [0, 0.1) is 11.8 Å². The number of benzene rings is 1. The van der Waals surface area contributed by atoms with E-state index < -0.39 is 0 Å². The standard InChI is InChI=1S/C20H26N4O2/c1-4-12-24-20(26)16-11-6-5-10-15(16)18(23-24)19(25)22-21-17-13(2)8-7-9-14(17)3/h5-6,10-11,13-14H,4,7-9,12H2,1-3H3,(H,22,25)/t13-,14+. The van der Waals surface area contributed by atoms with Gasteiger partial charge in [-0.25, -0.2) is 10.1 Å². The van der Waals surface area contributed by atoms with E-state index in [0.717, 1.165) is 25.0 Å². The smallest absolute Gasteiger partial charge is 0.267 e. The molecular weight excluding hydrogens is 328 g/mol. The van der Waals surface area contributed by atoms with Crippen molar-refractivity contribution in [2.75, 3.05) is 0 Å². The molecule has 1 amide bonds. The predicted octanol–water partition coefficient (Wildman–Crippen LogP) is 3.35. The summed E-state index contributed by atoms with van der Waals surface area (Å²) in [4.78, 5) is 25.3. The van der Waals surface area contributed by atoms with E-state index in [4.69, 9.17) is 0 Å². The Hall–Kier alpha value is -2.50. The zero-order valence-corrected chi connectivity index (χ0v) is 15.7. The number of nitrogens with zero attached hydrogens (tertiary/aromatic N) is 3. The zero-order chi connectivity index (χ0) is 18.7. The largest absolute Gasteiger partial charge is 0.292 e. The van der Waals surface area contributed by atoms with Gasteiger partial charge in [0, 0.05) is 17.6 Å². The van der Waals surface area contributed by atoms with Crippen LogP contribution in [-0.2, 0) is 6.54 Å². The Morgan fingerprint density at radius 3 is 2.54 bits per heavy atom. The van der Waals surface area contributed by atoms with Crippen molar-refractivity contribution in [1.29, 1.82) is 0 Å². The highest BCUT2D eigenvalue weighted by Crippen LogP contribution is 2.25. The molecule has 0 spiro atoms. The highest BCUT2D eigenvalue weighted by atomic mass is 16.2. The molecule has 1 heterocycles. The van der Waals surface area contributed by atoms with E-state index in [1.165, 1.54) is 11.1 Å². The number of carbonyl (C=O) groups is 1. The monoisotopic (exact) mass is 354 g/mol. The molecule has 1 aliphatic carbocycles. The van der Waals surface area contributed by atoms with E-state index in [9.17, 15) is 9.59 Å². The summed E-state index contributed by atoms with van der Waals surface area (Å²) >= 11 is 0. The van der Waals surface area contributed by atoms with Gasteiger partial charge in [-0.2, -0.15) is 10.2 Å². The first kappa shape index (κ1) is 18.3. The molecule has 2 aromatic rings. The molecule has 0 radical (unpaired) electrons. The van der Waals surface area contributed by atoms with Crippen molar-refractivity contribution in [3.63, 3.8) is 0 Å². The molecule has 6 heteroatoms. The Morgan fingerprint density at radius 1 is 1.23 bits per heavy atom. The third kappa shape index (κ3) is 3.54. The molecule has 138 valence electrons. The van der Waals surface area contributed by atoms with Crippen LogP contribution in [-0.4, -0.2) is 21.4 Å². The number of carbonyl (C=O) groups excluding carboxylic acids is 1. The van der Waals surface area contributed by atoms with E-state index in [1.807, 2.05) is 13.0 Å². The van der Waals surface area contributed by atoms with Gasteiger partial charge in [-0.15, -0.1) is 0 Å². The Kier molecular flexibility index (Phi) is 5.49. The van der Waals surface area contributed by atoms with Gasteiger partial charge in [-0.3, -0.25) is 9.59 Å².